The first kappa shape index (κ1) is 18.9. The molecular formula is C25H20N4O2S. The van der Waals surface area contributed by atoms with Crippen LogP contribution < -0.4 is 19.7 Å². The molecule has 0 spiro atoms. The van der Waals surface area contributed by atoms with Crippen molar-refractivity contribution >= 4 is 23.0 Å². The van der Waals surface area contributed by atoms with Gasteiger partial charge in [0, 0.05) is 36.0 Å². The van der Waals surface area contributed by atoms with Crippen molar-refractivity contribution in [2.24, 2.45) is 0 Å². The number of benzene rings is 2. The second-order valence-corrected chi connectivity index (χ2v) is 8.11. The maximum absolute atomic E-state index is 5.81. The lowest BCUT2D eigenvalue weighted by Gasteiger charge is -2.27. The van der Waals surface area contributed by atoms with Gasteiger partial charge in [-0.1, -0.05) is 24.3 Å². The Kier molecular flexibility index (Phi) is 4.54. The fourth-order valence-electron chi connectivity index (χ4n) is 4.36. The molecule has 158 valence electrons. The minimum atomic E-state index is -0.0965. The van der Waals surface area contributed by atoms with Crippen molar-refractivity contribution in [3.63, 3.8) is 0 Å². The standard InChI is InChI=1S/C25H20N4O2S/c32-25-27-23(20-8-4-5-12-26-20)24(17-11-13-28(15-17)18-6-2-1-3-7-18)29(25)19-9-10-21-22(14-19)31-16-30-21/h1-15,23-24H,16H2,(H,27,32)/t23-,24+/m1/s1. The van der Waals surface area contributed by atoms with Gasteiger partial charge in [0.1, 0.15) is 0 Å². The lowest BCUT2D eigenvalue weighted by atomic mass is 9.98. The fraction of sp³-hybridized carbons (Fsp3) is 0.120. The summed E-state index contributed by atoms with van der Waals surface area (Å²) in [5, 5.41) is 4.15. The van der Waals surface area contributed by atoms with E-state index in [0.717, 1.165) is 34.1 Å². The molecule has 0 aliphatic carbocycles. The van der Waals surface area contributed by atoms with E-state index in [1.807, 2.05) is 60.8 Å². The Morgan fingerprint density at radius 1 is 0.906 bits per heavy atom. The summed E-state index contributed by atoms with van der Waals surface area (Å²) in [6, 6.07) is 24.1. The summed E-state index contributed by atoms with van der Waals surface area (Å²) in [5.74, 6) is 1.48. The van der Waals surface area contributed by atoms with Gasteiger partial charge >= 0.3 is 0 Å². The first-order valence-electron chi connectivity index (χ1n) is 10.4. The van der Waals surface area contributed by atoms with Crippen molar-refractivity contribution in [1.82, 2.24) is 14.9 Å². The molecule has 4 aromatic rings. The van der Waals surface area contributed by atoms with Crippen LogP contribution in [-0.4, -0.2) is 21.5 Å². The highest BCUT2D eigenvalue weighted by Crippen LogP contribution is 2.44. The molecule has 0 unspecified atom stereocenters. The van der Waals surface area contributed by atoms with Gasteiger partial charge in [-0.15, -0.1) is 0 Å². The smallest absolute Gasteiger partial charge is 0.231 e. The number of hydrogen-bond donors (Lipinski definition) is 1. The van der Waals surface area contributed by atoms with E-state index in [1.165, 1.54) is 0 Å². The van der Waals surface area contributed by atoms with E-state index >= 15 is 0 Å². The molecular weight excluding hydrogens is 420 g/mol. The van der Waals surface area contributed by atoms with Gasteiger partial charge in [0.15, 0.2) is 16.6 Å². The van der Waals surface area contributed by atoms with E-state index < -0.39 is 0 Å². The number of nitrogens with zero attached hydrogens (tertiary/aromatic N) is 3. The third-order valence-corrected chi connectivity index (χ3v) is 6.16. The number of anilines is 1. The van der Waals surface area contributed by atoms with Crippen LogP contribution in [0, 0.1) is 0 Å². The lowest BCUT2D eigenvalue weighted by molar-refractivity contribution is 0.174. The largest absolute Gasteiger partial charge is 0.454 e. The van der Waals surface area contributed by atoms with E-state index in [-0.39, 0.29) is 18.9 Å². The SMILES string of the molecule is S=C1N[C@H](c2ccccn2)[C@H](c2ccn(-c3ccccc3)c2)N1c1ccc2c(c1)OCO2. The summed E-state index contributed by atoms with van der Waals surface area (Å²) in [7, 11) is 0. The molecule has 1 fully saturated rings. The minimum absolute atomic E-state index is 0.0808. The second kappa shape index (κ2) is 7.69. The zero-order valence-corrected chi connectivity index (χ0v) is 17.9. The maximum atomic E-state index is 5.81. The summed E-state index contributed by atoms with van der Waals surface area (Å²) in [4.78, 5) is 6.76. The monoisotopic (exact) mass is 440 g/mol. The van der Waals surface area contributed by atoms with Crippen molar-refractivity contribution in [2.45, 2.75) is 12.1 Å². The third kappa shape index (κ3) is 3.18. The van der Waals surface area contributed by atoms with Crippen LogP contribution >= 0.6 is 12.2 Å². The molecule has 2 aliphatic heterocycles. The van der Waals surface area contributed by atoms with Crippen molar-refractivity contribution < 1.29 is 9.47 Å². The number of pyridine rings is 1. The predicted molar refractivity (Wildman–Crippen MR) is 126 cm³/mol. The van der Waals surface area contributed by atoms with Gasteiger partial charge in [-0.05, 0) is 60.2 Å². The maximum Gasteiger partial charge on any atom is 0.231 e. The number of rotatable bonds is 4. The molecule has 0 radical (unpaired) electrons. The normalized spacial score (nSPS) is 19.2. The summed E-state index contributed by atoms with van der Waals surface area (Å²) >= 11 is 5.81. The molecule has 2 aliphatic rings. The van der Waals surface area contributed by atoms with Gasteiger partial charge in [0.05, 0.1) is 17.8 Å². The molecule has 6 rings (SSSR count). The Bertz CT molecular complexity index is 1280. The van der Waals surface area contributed by atoms with Crippen LogP contribution in [0.25, 0.3) is 5.69 Å². The van der Waals surface area contributed by atoms with Crippen LogP contribution in [0.15, 0.2) is 91.4 Å². The Balaban J connectivity index is 1.45. The molecule has 32 heavy (non-hydrogen) atoms. The molecule has 2 aromatic carbocycles. The highest BCUT2D eigenvalue weighted by Gasteiger charge is 2.41. The van der Waals surface area contributed by atoms with Crippen LogP contribution in [0.1, 0.15) is 23.3 Å². The second-order valence-electron chi connectivity index (χ2n) is 7.72. The Morgan fingerprint density at radius 2 is 1.75 bits per heavy atom. The highest BCUT2D eigenvalue weighted by atomic mass is 32.1. The first-order chi connectivity index (χ1) is 15.8. The number of ether oxygens (including phenoxy) is 2. The average molecular weight is 441 g/mol. The van der Waals surface area contributed by atoms with E-state index in [0.29, 0.717) is 5.11 Å². The van der Waals surface area contributed by atoms with Crippen LogP contribution in [0.4, 0.5) is 5.69 Å². The molecule has 2 aromatic heterocycles. The van der Waals surface area contributed by atoms with Crippen molar-refractivity contribution in [2.75, 3.05) is 11.7 Å². The van der Waals surface area contributed by atoms with Gasteiger partial charge < -0.3 is 24.3 Å². The fourth-order valence-corrected chi connectivity index (χ4v) is 4.70. The van der Waals surface area contributed by atoms with E-state index in [2.05, 4.69) is 50.4 Å². The van der Waals surface area contributed by atoms with Gasteiger partial charge in [0.2, 0.25) is 6.79 Å². The van der Waals surface area contributed by atoms with E-state index in [9.17, 15) is 0 Å². The zero-order valence-electron chi connectivity index (χ0n) is 17.1. The number of aromatic nitrogens is 2. The first-order valence-corrected chi connectivity index (χ1v) is 10.8. The topological polar surface area (TPSA) is 51.6 Å². The summed E-state index contributed by atoms with van der Waals surface area (Å²) in [6.45, 7) is 0.237. The summed E-state index contributed by atoms with van der Waals surface area (Å²) in [6.07, 6.45) is 6.06. The van der Waals surface area contributed by atoms with Crippen LogP contribution in [0.5, 0.6) is 11.5 Å². The van der Waals surface area contributed by atoms with Crippen LogP contribution in [0.2, 0.25) is 0 Å². The molecule has 4 heterocycles. The summed E-state index contributed by atoms with van der Waals surface area (Å²) < 4.78 is 13.2. The number of para-hydroxylation sites is 1. The van der Waals surface area contributed by atoms with Crippen molar-refractivity contribution in [3.05, 3.63) is 103 Å². The number of hydrogen-bond acceptors (Lipinski definition) is 4. The Labute approximate surface area is 191 Å². The predicted octanol–water partition coefficient (Wildman–Crippen LogP) is 4.78. The van der Waals surface area contributed by atoms with Crippen LogP contribution in [-0.2, 0) is 0 Å². The van der Waals surface area contributed by atoms with E-state index in [1.54, 1.807) is 0 Å². The van der Waals surface area contributed by atoms with Crippen molar-refractivity contribution in [3.8, 4) is 17.2 Å². The van der Waals surface area contributed by atoms with Gasteiger partial charge in [-0.2, -0.15) is 0 Å². The third-order valence-electron chi connectivity index (χ3n) is 5.84. The van der Waals surface area contributed by atoms with E-state index in [4.69, 9.17) is 21.7 Å². The van der Waals surface area contributed by atoms with Gasteiger partial charge in [-0.3, -0.25) is 4.98 Å². The van der Waals surface area contributed by atoms with Crippen molar-refractivity contribution in [1.29, 1.82) is 0 Å². The minimum Gasteiger partial charge on any atom is -0.454 e. The van der Waals surface area contributed by atoms with Gasteiger partial charge in [0.25, 0.3) is 0 Å². The summed E-state index contributed by atoms with van der Waals surface area (Å²) in [5.41, 5.74) is 4.13. The zero-order chi connectivity index (χ0) is 21.5. The lowest BCUT2D eigenvalue weighted by Crippen LogP contribution is -2.29. The quantitative estimate of drug-likeness (QED) is 0.461. The molecule has 0 bridgehead atoms. The van der Waals surface area contributed by atoms with Crippen LogP contribution in [0.3, 0.4) is 0 Å². The molecule has 0 amide bonds. The molecule has 1 saturated heterocycles. The number of thiocarbonyl (C=S) groups is 1. The Hall–Kier alpha value is -3.84. The number of nitrogens with one attached hydrogen (secondary N) is 1. The molecule has 6 nitrogen and oxygen atoms in total. The molecule has 2 atom stereocenters. The average Bonchev–Trinajstić information content (AvgIpc) is 3.58. The Morgan fingerprint density at radius 3 is 2.59 bits per heavy atom. The van der Waals surface area contributed by atoms with Gasteiger partial charge in [-0.25, -0.2) is 0 Å². The molecule has 7 heteroatoms. The highest BCUT2D eigenvalue weighted by molar-refractivity contribution is 7.80. The number of fused-ring (bicyclic) bond motifs is 1. The molecule has 0 saturated carbocycles. The molecule has 1 N–H and O–H groups in total.